The van der Waals surface area contributed by atoms with E-state index >= 15 is 0 Å². The molecule has 6 heteroatoms. The Balaban J connectivity index is 1.62. The number of pyridine rings is 1. The summed E-state index contributed by atoms with van der Waals surface area (Å²) in [5, 5.41) is 8.61. The van der Waals surface area contributed by atoms with Gasteiger partial charge in [-0.25, -0.2) is 9.97 Å². The molecule has 132 valence electrons. The van der Waals surface area contributed by atoms with Crippen LogP contribution in [0.3, 0.4) is 0 Å². The maximum Gasteiger partial charge on any atom is 0.195 e. The SMILES string of the molecule is Cc1c(C=Cc2ccccc2)sc2c(N=NCc3cccnc3)ncnc12. The standard InChI is InChI=1S/C21H17N5S/c1-15-18(10-9-16-6-3-2-4-7-16)27-20-19(15)23-14-24-21(20)26-25-13-17-8-5-11-22-12-17/h2-12,14H,13H2,1H3. The first-order valence-electron chi connectivity index (χ1n) is 8.55. The molecule has 0 saturated heterocycles. The summed E-state index contributed by atoms with van der Waals surface area (Å²) >= 11 is 1.64. The van der Waals surface area contributed by atoms with Crippen LogP contribution in [-0.2, 0) is 6.54 Å². The fourth-order valence-electron chi connectivity index (χ4n) is 2.67. The maximum absolute atomic E-state index is 4.44. The molecule has 0 unspecified atom stereocenters. The number of azo groups is 1. The quantitative estimate of drug-likeness (QED) is 0.413. The van der Waals surface area contributed by atoms with Crippen LogP contribution in [-0.4, -0.2) is 15.0 Å². The van der Waals surface area contributed by atoms with Crippen LogP contribution in [0.4, 0.5) is 5.82 Å². The number of aromatic nitrogens is 3. The lowest BCUT2D eigenvalue weighted by Crippen LogP contribution is -1.82. The molecule has 0 amide bonds. The smallest absolute Gasteiger partial charge is 0.195 e. The number of aryl methyl sites for hydroxylation is 1. The van der Waals surface area contributed by atoms with E-state index in [9.17, 15) is 0 Å². The van der Waals surface area contributed by atoms with Crippen molar-refractivity contribution >= 4 is 39.5 Å². The molecular formula is C21H17N5S. The van der Waals surface area contributed by atoms with Crippen molar-refractivity contribution in [3.8, 4) is 0 Å². The molecule has 5 nitrogen and oxygen atoms in total. The van der Waals surface area contributed by atoms with E-state index < -0.39 is 0 Å². The summed E-state index contributed by atoms with van der Waals surface area (Å²) in [4.78, 5) is 14.0. The normalized spacial score (nSPS) is 11.7. The van der Waals surface area contributed by atoms with Gasteiger partial charge in [0.05, 0.1) is 12.1 Å². The van der Waals surface area contributed by atoms with E-state index in [2.05, 4.69) is 56.4 Å². The molecule has 0 spiro atoms. The Bertz CT molecular complexity index is 1100. The molecule has 0 radical (unpaired) electrons. The number of thiophene rings is 1. The predicted molar refractivity (Wildman–Crippen MR) is 110 cm³/mol. The number of hydrogen-bond donors (Lipinski definition) is 0. The minimum atomic E-state index is 0.477. The van der Waals surface area contributed by atoms with Crippen molar-refractivity contribution in [2.75, 3.05) is 0 Å². The zero-order valence-corrected chi connectivity index (χ0v) is 15.6. The lowest BCUT2D eigenvalue weighted by molar-refractivity contribution is 0.939. The average molecular weight is 371 g/mol. The van der Waals surface area contributed by atoms with Crippen LogP contribution >= 0.6 is 11.3 Å². The monoisotopic (exact) mass is 371 g/mol. The summed E-state index contributed by atoms with van der Waals surface area (Å²) in [6, 6.07) is 14.1. The molecular weight excluding hydrogens is 354 g/mol. The topological polar surface area (TPSA) is 63.4 Å². The Labute approximate surface area is 161 Å². The second kappa shape index (κ2) is 7.97. The predicted octanol–water partition coefficient (Wildman–Crippen LogP) is 5.85. The summed E-state index contributed by atoms with van der Waals surface area (Å²) in [6.45, 7) is 2.55. The minimum absolute atomic E-state index is 0.477. The van der Waals surface area contributed by atoms with Gasteiger partial charge in [0, 0.05) is 17.3 Å². The van der Waals surface area contributed by atoms with E-state index in [1.807, 2.05) is 30.3 Å². The van der Waals surface area contributed by atoms with Crippen molar-refractivity contribution in [3.63, 3.8) is 0 Å². The van der Waals surface area contributed by atoms with Crippen LogP contribution in [0.15, 0.2) is 71.4 Å². The maximum atomic E-state index is 4.44. The minimum Gasteiger partial charge on any atom is -0.264 e. The molecule has 0 atom stereocenters. The Morgan fingerprint density at radius 2 is 1.93 bits per heavy atom. The van der Waals surface area contributed by atoms with Crippen LogP contribution < -0.4 is 0 Å². The van der Waals surface area contributed by atoms with Crippen LogP contribution in [0.5, 0.6) is 0 Å². The second-order valence-electron chi connectivity index (χ2n) is 5.97. The molecule has 0 aliphatic rings. The van der Waals surface area contributed by atoms with Crippen LogP contribution in [0.1, 0.15) is 21.6 Å². The van der Waals surface area contributed by atoms with Crippen molar-refractivity contribution < 1.29 is 0 Å². The number of hydrogen-bond acceptors (Lipinski definition) is 6. The van der Waals surface area contributed by atoms with Gasteiger partial charge in [-0.3, -0.25) is 4.98 Å². The summed E-state index contributed by atoms with van der Waals surface area (Å²) in [7, 11) is 0. The van der Waals surface area contributed by atoms with Gasteiger partial charge in [0.15, 0.2) is 5.82 Å². The first-order valence-corrected chi connectivity index (χ1v) is 9.36. The van der Waals surface area contributed by atoms with Crippen molar-refractivity contribution in [2.45, 2.75) is 13.5 Å². The summed E-state index contributed by atoms with van der Waals surface area (Å²) in [5.41, 5.74) is 4.24. The Hall–Kier alpha value is -3.25. The highest BCUT2D eigenvalue weighted by atomic mass is 32.1. The highest BCUT2D eigenvalue weighted by Gasteiger charge is 2.12. The molecule has 4 aromatic rings. The van der Waals surface area contributed by atoms with Gasteiger partial charge in [-0.15, -0.1) is 16.5 Å². The third-order valence-electron chi connectivity index (χ3n) is 4.09. The summed E-state index contributed by atoms with van der Waals surface area (Å²) < 4.78 is 0.956. The lowest BCUT2D eigenvalue weighted by atomic mass is 10.2. The van der Waals surface area contributed by atoms with Gasteiger partial charge in [0.2, 0.25) is 0 Å². The van der Waals surface area contributed by atoms with Crippen molar-refractivity contribution in [1.29, 1.82) is 0 Å². The lowest BCUT2D eigenvalue weighted by Gasteiger charge is -1.95. The van der Waals surface area contributed by atoms with E-state index in [1.54, 1.807) is 30.1 Å². The molecule has 4 rings (SSSR count). The third kappa shape index (κ3) is 3.96. The molecule has 0 N–H and O–H groups in total. The Kier molecular flexibility index (Phi) is 5.07. The van der Waals surface area contributed by atoms with Gasteiger partial charge in [-0.2, -0.15) is 5.11 Å². The molecule has 0 bridgehead atoms. The molecule has 3 aromatic heterocycles. The van der Waals surface area contributed by atoms with Gasteiger partial charge in [-0.1, -0.05) is 42.5 Å². The fraction of sp³-hybridized carbons (Fsp3) is 0.0952. The summed E-state index contributed by atoms with van der Waals surface area (Å²) in [6.07, 6.45) is 9.30. The molecule has 3 heterocycles. The van der Waals surface area contributed by atoms with Gasteiger partial charge < -0.3 is 0 Å². The van der Waals surface area contributed by atoms with Crippen LogP contribution in [0, 0.1) is 6.92 Å². The van der Waals surface area contributed by atoms with Gasteiger partial charge >= 0.3 is 0 Å². The molecule has 0 aliphatic carbocycles. The molecule has 0 saturated carbocycles. The van der Waals surface area contributed by atoms with Gasteiger partial charge in [0.25, 0.3) is 0 Å². The van der Waals surface area contributed by atoms with E-state index in [0.29, 0.717) is 12.4 Å². The third-order valence-corrected chi connectivity index (χ3v) is 5.33. The first-order chi connectivity index (χ1) is 13.3. The largest absolute Gasteiger partial charge is 0.264 e. The molecule has 0 aliphatic heterocycles. The number of benzene rings is 1. The molecule has 27 heavy (non-hydrogen) atoms. The van der Waals surface area contributed by atoms with Gasteiger partial charge in [-0.05, 0) is 35.8 Å². The fourth-order valence-corrected chi connectivity index (χ4v) is 3.76. The van der Waals surface area contributed by atoms with Gasteiger partial charge in [0.1, 0.15) is 11.0 Å². The Morgan fingerprint density at radius 3 is 2.74 bits per heavy atom. The van der Waals surface area contributed by atoms with E-state index in [0.717, 1.165) is 31.8 Å². The van der Waals surface area contributed by atoms with Crippen molar-refractivity contribution in [2.24, 2.45) is 10.2 Å². The number of fused-ring (bicyclic) bond motifs is 1. The Morgan fingerprint density at radius 1 is 1.04 bits per heavy atom. The zero-order valence-electron chi connectivity index (χ0n) is 14.8. The van der Waals surface area contributed by atoms with E-state index in [1.165, 1.54) is 0 Å². The van der Waals surface area contributed by atoms with E-state index in [-0.39, 0.29) is 0 Å². The highest BCUT2D eigenvalue weighted by molar-refractivity contribution is 7.20. The average Bonchev–Trinajstić information content (AvgIpc) is 3.05. The number of rotatable bonds is 5. The summed E-state index contributed by atoms with van der Waals surface area (Å²) in [5.74, 6) is 0.608. The van der Waals surface area contributed by atoms with Crippen molar-refractivity contribution in [3.05, 3.63) is 82.8 Å². The highest BCUT2D eigenvalue weighted by Crippen LogP contribution is 2.35. The molecule has 0 fully saturated rings. The number of nitrogens with zero attached hydrogens (tertiary/aromatic N) is 5. The zero-order chi connectivity index (χ0) is 18.5. The van der Waals surface area contributed by atoms with Crippen LogP contribution in [0.25, 0.3) is 22.4 Å². The second-order valence-corrected chi connectivity index (χ2v) is 7.02. The van der Waals surface area contributed by atoms with E-state index in [4.69, 9.17) is 0 Å². The van der Waals surface area contributed by atoms with Crippen molar-refractivity contribution in [1.82, 2.24) is 15.0 Å². The first kappa shape index (κ1) is 17.2. The molecule has 1 aromatic carbocycles. The van der Waals surface area contributed by atoms with Crippen LogP contribution in [0.2, 0.25) is 0 Å².